The maximum atomic E-state index is 13.5. The molecule has 0 N–H and O–H groups in total. The SMILES string of the molecule is Cc1cncc(C(=O)N2CCN(C(c3ccccc3)c3ccc(F)cc3)CC2)c1. The number of amides is 1. The van der Waals surface area contributed by atoms with Crippen molar-refractivity contribution in [3.8, 4) is 0 Å². The van der Waals surface area contributed by atoms with Crippen LogP contribution in [0.25, 0.3) is 0 Å². The summed E-state index contributed by atoms with van der Waals surface area (Å²) in [7, 11) is 0. The highest BCUT2D eigenvalue weighted by Gasteiger charge is 2.28. The molecule has 1 aliphatic rings. The third-order valence-corrected chi connectivity index (χ3v) is 5.39. The van der Waals surface area contributed by atoms with Gasteiger partial charge in [0.05, 0.1) is 11.6 Å². The van der Waals surface area contributed by atoms with Crippen LogP contribution < -0.4 is 0 Å². The highest BCUT2D eigenvalue weighted by atomic mass is 19.1. The van der Waals surface area contributed by atoms with Crippen LogP contribution in [0.5, 0.6) is 0 Å². The van der Waals surface area contributed by atoms with Gasteiger partial charge in [0.15, 0.2) is 0 Å². The number of hydrogen-bond donors (Lipinski definition) is 0. The van der Waals surface area contributed by atoms with Gasteiger partial charge in [-0.3, -0.25) is 14.7 Å². The maximum Gasteiger partial charge on any atom is 0.255 e. The van der Waals surface area contributed by atoms with E-state index in [-0.39, 0.29) is 17.8 Å². The van der Waals surface area contributed by atoms with Gasteiger partial charge < -0.3 is 4.90 Å². The molecule has 2 heterocycles. The van der Waals surface area contributed by atoms with Crippen LogP contribution in [-0.4, -0.2) is 46.9 Å². The van der Waals surface area contributed by atoms with Crippen LogP contribution in [0.15, 0.2) is 73.1 Å². The molecule has 1 aliphatic heterocycles. The number of aromatic nitrogens is 1. The zero-order chi connectivity index (χ0) is 20.2. The minimum atomic E-state index is -0.234. The van der Waals surface area contributed by atoms with Gasteiger partial charge in [-0.25, -0.2) is 4.39 Å². The lowest BCUT2D eigenvalue weighted by atomic mass is 9.96. The quantitative estimate of drug-likeness (QED) is 0.675. The predicted molar refractivity (Wildman–Crippen MR) is 111 cm³/mol. The minimum absolute atomic E-state index is 0.0268. The summed E-state index contributed by atoms with van der Waals surface area (Å²) >= 11 is 0. The van der Waals surface area contributed by atoms with Gasteiger partial charge in [0.25, 0.3) is 5.91 Å². The van der Waals surface area contributed by atoms with Crippen molar-refractivity contribution in [1.29, 1.82) is 0 Å². The Hall–Kier alpha value is -3.05. The van der Waals surface area contributed by atoms with Crippen molar-refractivity contribution in [1.82, 2.24) is 14.8 Å². The monoisotopic (exact) mass is 389 g/mol. The molecule has 1 aromatic heterocycles. The molecule has 1 saturated heterocycles. The number of rotatable bonds is 4. The molecule has 0 spiro atoms. The van der Waals surface area contributed by atoms with E-state index in [1.54, 1.807) is 12.4 Å². The Morgan fingerprint density at radius 3 is 2.24 bits per heavy atom. The van der Waals surface area contributed by atoms with Gasteiger partial charge in [-0.05, 0) is 41.8 Å². The largest absolute Gasteiger partial charge is 0.336 e. The van der Waals surface area contributed by atoms with E-state index in [1.165, 1.54) is 17.7 Å². The van der Waals surface area contributed by atoms with E-state index in [9.17, 15) is 9.18 Å². The summed E-state index contributed by atoms with van der Waals surface area (Å²) in [6.07, 6.45) is 3.38. The van der Waals surface area contributed by atoms with Crippen LogP contribution in [0.3, 0.4) is 0 Å². The van der Waals surface area contributed by atoms with E-state index in [2.05, 4.69) is 22.0 Å². The molecule has 3 aromatic rings. The summed E-state index contributed by atoms with van der Waals surface area (Å²) in [5.74, 6) is -0.207. The molecule has 29 heavy (non-hydrogen) atoms. The second kappa shape index (κ2) is 8.53. The first kappa shape index (κ1) is 19.3. The first-order valence-electron chi connectivity index (χ1n) is 9.87. The topological polar surface area (TPSA) is 36.4 Å². The number of benzene rings is 2. The van der Waals surface area contributed by atoms with E-state index in [4.69, 9.17) is 0 Å². The molecule has 1 unspecified atom stereocenters. The number of hydrogen-bond acceptors (Lipinski definition) is 3. The Morgan fingerprint density at radius 2 is 1.59 bits per heavy atom. The Labute approximate surface area is 170 Å². The summed E-state index contributed by atoms with van der Waals surface area (Å²) in [5, 5.41) is 0. The smallest absolute Gasteiger partial charge is 0.255 e. The van der Waals surface area contributed by atoms with Gasteiger partial charge in [-0.15, -0.1) is 0 Å². The summed E-state index contributed by atoms with van der Waals surface area (Å²) in [5.41, 5.74) is 3.84. The predicted octanol–water partition coefficient (Wildman–Crippen LogP) is 4.08. The van der Waals surface area contributed by atoms with Gasteiger partial charge in [0.1, 0.15) is 5.82 Å². The van der Waals surface area contributed by atoms with Crippen LogP contribution in [0.4, 0.5) is 4.39 Å². The van der Waals surface area contributed by atoms with Crippen LogP contribution in [0.2, 0.25) is 0 Å². The van der Waals surface area contributed by atoms with Crippen molar-refractivity contribution < 1.29 is 9.18 Å². The second-order valence-corrected chi connectivity index (χ2v) is 7.44. The lowest BCUT2D eigenvalue weighted by molar-refractivity contribution is 0.0597. The van der Waals surface area contributed by atoms with Gasteiger partial charge in [-0.2, -0.15) is 0 Å². The molecule has 0 bridgehead atoms. The highest BCUT2D eigenvalue weighted by Crippen LogP contribution is 2.30. The zero-order valence-electron chi connectivity index (χ0n) is 16.5. The first-order chi connectivity index (χ1) is 14.1. The Morgan fingerprint density at radius 1 is 0.931 bits per heavy atom. The molecule has 1 atom stereocenters. The lowest BCUT2D eigenvalue weighted by Gasteiger charge is -2.39. The van der Waals surface area contributed by atoms with E-state index in [0.717, 1.165) is 24.2 Å². The van der Waals surface area contributed by atoms with Crippen LogP contribution in [0.1, 0.15) is 33.1 Å². The number of aryl methyl sites for hydroxylation is 1. The normalized spacial score (nSPS) is 15.9. The molecular weight excluding hydrogens is 365 g/mol. The summed E-state index contributed by atoms with van der Waals surface area (Å²) < 4.78 is 13.5. The van der Waals surface area contributed by atoms with Crippen molar-refractivity contribution in [2.24, 2.45) is 0 Å². The molecule has 1 fully saturated rings. The maximum absolute atomic E-state index is 13.5. The molecule has 4 nitrogen and oxygen atoms in total. The molecule has 0 radical (unpaired) electrons. The van der Waals surface area contributed by atoms with Crippen molar-refractivity contribution in [3.05, 3.63) is 101 Å². The average Bonchev–Trinajstić information content (AvgIpc) is 2.76. The fraction of sp³-hybridized carbons (Fsp3) is 0.250. The zero-order valence-corrected chi connectivity index (χ0v) is 16.5. The number of nitrogens with zero attached hydrogens (tertiary/aromatic N) is 3. The number of carbonyl (C=O) groups excluding carboxylic acids is 1. The number of halogens is 1. The van der Waals surface area contributed by atoms with Crippen molar-refractivity contribution in [3.63, 3.8) is 0 Å². The molecule has 5 heteroatoms. The average molecular weight is 389 g/mol. The molecule has 1 amide bonds. The molecule has 148 valence electrons. The van der Waals surface area contributed by atoms with Gasteiger partial charge in [-0.1, -0.05) is 42.5 Å². The molecule has 0 aliphatic carbocycles. The van der Waals surface area contributed by atoms with Crippen molar-refractivity contribution in [2.45, 2.75) is 13.0 Å². The summed E-state index contributed by atoms with van der Waals surface area (Å²) in [4.78, 5) is 21.2. The third-order valence-electron chi connectivity index (χ3n) is 5.39. The lowest BCUT2D eigenvalue weighted by Crippen LogP contribution is -2.49. The molecule has 2 aromatic carbocycles. The molecule has 4 rings (SSSR count). The Bertz CT molecular complexity index is 967. The van der Waals surface area contributed by atoms with Gasteiger partial charge in [0, 0.05) is 38.6 Å². The van der Waals surface area contributed by atoms with Crippen molar-refractivity contribution >= 4 is 5.91 Å². The minimum Gasteiger partial charge on any atom is -0.336 e. The standard InChI is InChI=1S/C24H24FN3O/c1-18-15-21(17-26-16-18)24(29)28-13-11-27(12-14-28)23(19-5-3-2-4-6-19)20-7-9-22(25)10-8-20/h2-10,15-17,23H,11-14H2,1H3. The third kappa shape index (κ3) is 4.35. The van der Waals surface area contributed by atoms with E-state index >= 15 is 0 Å². The molecule has 0 saturated carbocycles. The van der Waals surface area contributed by atoms with E-state index in [0.29, 0.717) is 18.7 Å². The molecular formula is C24H24FN3O. The van der Waals surface area contributed by atoms with Crippen LogP contribution in [0, 0.1) is 12.7 Å². The van der Waals surface area contributed by atoms with Crippen LogP contribution in [-0.2, 0) is 0 Å². The van der Waals surface area contributed by atoms with E-state index < -0.39 is 0 Å². The van der Waals surface area contributed by atoms with Gasteiger partial charge in [0.2, 0.25) is 0 Å². The van der Waals surface area contributed by atoms with Crippen molar-refractivity contribution in [2.75, 3.05) is 26.2 Å². The second-order valence-electron chi connectivity index (χ2n) is 7.44. The fourth-order valence-electron chi connectivity index (χ4n) is 3.93. The summed E-state index contributed by atoms with van der Waals surface area (Å²) in [6, 6.07) is 18.9. The Kier molecular flexibility index (Phi) is 5.67. The Balaban J connectivity index is 1.52. The van der Waals surface area contributed by atoms with Crippen LogP contribution >= 0.6 is 0 Å². The highest BCUT2D eigenvalue weighted by molar-refractivity contribution is 5.94. The fourth-order valence-corrected chi connectivity index (χ4v) is 3.93. The number of carbonyl (C=O) groups is 1. The number of piperazine rings is 1. The summed E-state index contributed by atoms with van der Waals surface area (Å²) in [6.45, 7) is 4.74. The van der Waals surface area contributed by atoms with E-state index in [1.807, 2.05) is 48.2 Å². The first-order valence-corrected chi connectivity index (χ1v) is 9.87. The van der Waals surface area contributed by atoms with Gasteiger partial charge >= 0.3 is 0 Å². The number of pyridine rings is 1.